The zero-order valence-electron chi connectivity index (χ0n) is 34.4. The van der Waals surface area contributed by atoms with Crippen LogP contribution in [0, 0.1) is 5.41 Å². The summed E-state index contributed by atoms with van der Waals surface area (Å²) in [5, 5.41) is 0. The van der Waals surface area contributed by atoms with Crippen LogP contribution in [0.5, 0.6) is 0 Å². The molecule has 3 aliphatic heterocycles. The average molecular weight is 679 g/mol. The van der Waals surface area contributed by atoms with Crippen molar-refractivity contribution < 1.29 is 0 Å². The number of allylic oxidation sites excluding steroid dienone is 4. The lowest BCUT2D eigenvalue weighted by Crippen LogP contribution is -2.65. The van der Waals surface area contributed by atoms with Crippen molar-refractivity contribution in [2.75, 3.05) is 9.80 Å². The molecule has 2 unspecified atom stereocenters. The van der Waals surface area contributed by atoms with E-state index in [1.54, 1.807) is 5.56 Å². The number of rotatable bonds is 1. The minimum Gasteiger partial charge on any atom is -0.335 e. The molecule has 1 fully saturated rings. The summed E-state index contributed by atoms with van der Waals surface area (Å²) in [4.78, 5) is 5.65. The molecule has 0 N–H and O–H groups in total. The van der Waals surface area contributed by atoms with E-state index < -0.39 is 0 Å². The van der Waals surface area contributed by atoms with Gasteiger partial charge >= 0.3 is 0 Å². The lowest BCUT2D eigenvalue weighted by atomic mass is 9.33. The quantitative estimate of drug-likeness (QED) is 0.236. The summed E-state index contributed by atoms with van der Waals surface area (Å²) in [5.41, 5.74) is 19.4. The van der Waals surface area contributed by atoms with E-state index in [9.17, 15) is 0 Å². The van der Waals surface area contributed by atoms with Gasteiger partial charge in [-0.2, -0.15) is 0 Å². The average Bonchev–Trinajstić information content (AvgIpc) is 3.24. The fourth-order valence-electron chi connectivity index (χ4n) is 10.4. The second-order valence-corrected chi connectivity index (χ2v) is 21.4. The number of hydrogen-bond acceptors (Lipinski definition) is 2. The molecule has 0 saturated heterocycles. The Labute approximate surface area is 310 Å². The predicted octanol–water partition coefficient (Wildman–Crippen LogP) is 11.3. The Morgan fingerprint density at radius 1 is 0.627 bits per heavy atom. The lowest BCUT2D eigenvalue weighted by molar-refractivity contribution is 0.195. The molecule has 2 nitrogen and oxygen atoms in total. The third kappa shape index (κ3) is 4.95. The van der Waals surface area contributed by atoms with Crippen molar-refractivity contribution in [3.05, 3.63) is 88.1 Å². The molecule has 0 bridgehead atoms. The summed E-state index contributed by atoms with van der Waals surface area (Å²) in [6.07, 6.45) is 12.2. The Kier molecular flexibility index (Phi) is 7.31. The second-order valence-electron chi connectivity index (χ2n) is 21.4. The molecule has 0 amide bonds. The molecule has 5 aliphatic rings. The maximum Gasteiger partial charge on any atom is 0.252 e. The van der Waals surface area contributed by atoms with Gasteiger partial charge in [0.2, 0.25) is 0 Å². The first-order valence-corrected chi connectivity index (χ1v) is 20.1. The van der Waals surface area contributed by atoms with E-state index in [4.69, 9.17) is 0 Å². The molecule has 3 heterocycles. The van der Waals surface area contributed by atoms with Crippen LogP contribution in [0.2, 0.25) is 0 Å². The summed E-state index contributed by atoms with van der Waals surface area (Å²) in [6.45, 7) is 34.1. The number of fused-ring (bicyclic) bond motifs is 7. The van der Waals surface area contributed by atoms with Gasteiger partial charge in [-0.3, -0.25) is 0 Å². The first kappa shape index (κ1) is 34.9. The zero-order valence-corrected chi connectivity index (χ0v) is 34.4. The molecule has 3 aromatic rings. The van der Waals surface area contributed by atoms with Crippen LogP contribution in [0.25, 0.3) is 0 Å². The molecule has 8 rings (SSSR count). The van der Waals surface area contributed by atoms with Crippen LogP contribution < -0.4 is 26.2 Å². The van der Waals surface area contributed by atoms with Gasteiger partial charge in [0.25, 0.3) is 6.71 Å². The highest BCUT2D eigenvalue weighted by atomic mass is 15.3. The van der Waals surface area contributed by atoms with Gasteiger partial charge < -0.3 is 9.80 Å². The van der Waals surface area contributed by atoms with E-state index in [1.807, 2.05) is 0 Å². The Hall–Kier alpha value is -3.20. The lowest BCUT2D eigenvalue weighted by Gasteiger charge is -2.53. The van der Waals surface area contributed by atoms with E-state index in [0.29, 0.717) is 0 Å². The van der Waals surface area contributed by atoms with E-state index in [2.05, 4.69) is 161 Å². The van der Waals surface area contributed by atoms with E-state index >= 15 is 0 Å². The summed E-state index contributed by atoms with van der Waals surface area (Å²) in [6, 6.07) is 18.1. The maximum absolute atomic E-state index is 2.91. The Balaban J connectivity index is 1.53. The van der Waals surface area contributed by atoms with Crippen molar-refractivity contribution in [1.82, 2.24) is 0 Å². The number of nitrogens with zero attached hydrogens (tertiary/aromatic N) is 2. The largest absolute Gasteiger partial charge is 0.335 e. The topological polar surface area (TPSA) is 6.48 Å². The molecular formula is C48H63BN2. The van der Waals surface area contributed by atoms with Gasteiger partial charge in [-0.25, -0.2) is 0 Å². The summed E-state index contributed by atoms with van der Waals surface area (Å²) < 4.78 is 0. The van der Waals surface area contributed by atoms with Gasteiger partial charge in [0.1, 0.15) is 0 Å². The molecule has 2 aliphatic carbocycles. The monoisotopic (exact) mass is 679 g/mol. The zero-order chi connectivity index (χ0) is 36.8. The molecule has 0 radical (unpaired) electrons. The molecule has 0 spiro atoms. The van der Waals surface area contributed by atoms with Gasteiger partial charge in [0.05, 0.1) is 5.54 Å². The highest BCUT2D eigenvalue weighted by Crippen LogP contribution is 2.62. The second kappa shape index (κ2) is 10.7. The normalized spacial score (nSPS) is 24.1. The highest BCUT2D eigenvalue weighted by Gasteiger charge is 2.61. The standard InChI is InChI=1S/C48H63BN2/c1-43(2,3)30-18-17-19-34(24-30)50-38-27-31(44(4,5)6)20-21-36(38)49-37-26-32(45(7,8)9)25-35-42(37)51(48(14)23-16-15-22-47(35,48)13)40-29-33(46(10,11)12)28-39(50)41(40)49/h18,20-21,24-29H,15-17,19,22-23H2,1-14H3. The Morgan fingerprint density at radius 3 is 1.88 bits per heavy atom. The first-order valence-electron chi connectivity index (χ1n) is 20.1. The predicted molar refractivity (Wildman–Crippen MR) is 223 cm³/mol. The Morgan fingerprint density at radius 2 is 1.24 bits per heavy atom. The molecule has 2 atom stereocenters. The van der Waals surface area contributed by atoms with Crippen LogP contribution in [0.1, 0.15) is 158 Å². The van der Waals surface area contributed by atoms with Crippen LogP contribution in [-0.2, 0) is 21.7 Å². The van der Waals surface area contributed by atoms with Crippen LogP contribution in [0.15, 0.2) is 65.9 Å². The van der Waals surface area contributed by atoms with Crippen molar-refractivity contribution in [3.8, 4) is 0 Å². The van der Waals surface area contributed by atoms with Crippen molar-refractivity contribution in [2.24, 2.45) is 5.41 Å². The van der Waals surface area contributed by atoms with Crippen LogP contribution >= 0.6 is 0 Å². The van der Waals surface area contributed by atoms with Crippen LogP contribution in [0.4, 0.5) is 22.7 Å². The summed E-state index contributed by atoms with van der Waals surface area (Å²) in [5.74, 6) is 0. The number of benzene rings is 3. The molecule has 1 saturated carbocycles. The Bertz CT molecular complexity index is 2030. The van der Waals surface area contributed by atoms with Gasteiger partial charge in [-0.1, -0.05) is 133 Å². The van der Waals surface area contributed by atoms with E-state index in [0.717, 1.165) is 12.8 Å². The van der Waals surface area contributed by atoms with Crippen molar-refractivity contribution >= 4 is 45.9 Å². The number of anilines is 4. The van der Waals surface area contributed by atoms with Crippen LogP contribution in [-0.4, -0.2) is 12.3 Å². The third-order valence-corrected chi connectivity index (χ3v) is 13.9. The summed E-state index contributed by atoms with van der Waals surface area (Å²) >= 11 is 0. The SMILES string of the molecule is CC(C)(C)C1=CCCC(N2c3cc(C(C)(C)C)ccc3B3c4cc(C(C)(C)C)cc5c4N(c4cc(C(C)(C)C)cc2c43)C2(C)CCCCC52C)=C1. The maximum atomic E-state index is 2.91. The smallest absolute Gasteiger partial charge is 0.252 e. The molecular weight excluding hydrogens is 615 g/mol. The van der Waals surface area contributed by atoms with Gasteiger partial charge in [-0.15, -0.1) is 0 Å². The van der Waals surface area contributed by atoms with E-state index in [1.165, 1.54) is 92.8 Å². The molecule has 3 aromatic carbocycles. The van der Waals surface area contributed by atoms with Crippen LogP contribution in [0.3, 0.4) is 0 Å². The highest BCUT2D eigenvalue weighted by molar-refractivity contribution is 7.00. The minimum atomic E-state index is 0.00729. The van der Waals surface area contributed by atoms with Gasteiger partial charge in [-0.05, 0) is 123 Å². The van der Waals surface area contributed by atoms with Gasteiger partial charge in [0.15, 0.2) is 0 Å². The number of hydrogen-bond donors (Lipinski definition) is 0. The fourth-order valence-corrected chi connectivity index (χ4v) is 10.4. The first-order chi connectivity index (χ1) is 23.6. The summed E-state index contributed by atoms with van der Waals surface area (Å²) in [7, 11) is 0. The van der Waals surface area contributed by atoms with E-state index in [-0.39, 0.29) is 39.3 Å². The van der Waals surface area contributed by atoms with Crippen molar-refractivity contribution in [1.29, 1.82) is 0 Å². The minimum absolute atomic E-state index is 0.00729. The third-order valence-electron chi connectivity index (χ3n) is 13.9. The molecule has 51 heavy (non-hydrogen) atoms. The molecule has 0 aromatic heterocycles. The molecule has 268 valence electrons. The van der Waals surface area contributed by atoms with Crippen molar-refractivity contribution in [2.45, 2.75) is 163 Å². The van der Waals surface area contributed by atoms with Gasteiger partial charge in [0, 0.05) is 33.9 Å². The van der Waals surface area contributed by atoms with Crippen molar-refractivity contribution in [3.63, 3.8) is 0 Å². The fraction of sp³-hybridized carbons (Fsp3) is 0.542. The molecule has 3 heteroatoms.